The molecule has 0 N–H and O–H groups in total. The van der Waals surface area contributed by atoms with Crippen LogP contribution in [-0.2, 0) is 35.0 Å². The van der Waals surface area contributed by atoms with Crippen molar-refractivity contribution in [3.05, 3.63) is 0 Å². The van der Waals surface area contributed by atoms with Crippen LogP contribution in [0.25, 0.3) is 0 Å². The van der Waals surface area contributed by atoms with Crippen molar-refractivity contribution in [3.8, 4) is 0 Å². The van der Waals surface area contributed by atoms with E-state index in [9.17, 15) is 0 Å². The van der Waals surface area contributed by atoms with Gasteiger partial charge in [-0.15, -0.1) is 0 Å². The topological polar surface area (TPSA) is 3.24 Å². The van der Waals surface area contributed by atoms with Crippen molar-refractivity contribution >= 4 is 29.2 Å². The van der Waals surface area contributed by atoms with Gasteiger partial charge in [-0.3, -0.25) is 0 Å². The molecule has 0 amide bonds. The summed E-state index contributed by atoms with van der Waals surface area (Å²) < 4.78 is 0.609. The van der Waals surface area contributed by atoms with Gasteiger partial charge in [-0.25, -0.2) is 0 Å². The summed E-state index contributed by atoms with van der Waals surface area (Å²) in [5.41, 5.74) is 0. The molecule has 0 spiro atoms. The van der Waals surface area contributed by atoms with E-state index in [-0.39, 0.29) is 22.4 Å². The van der Waals surface area contributed by atoms with Crippen LogP contribution in [0.3, 0.4) is 0 Å². The van der Waals surface area contributed by atoms with Gasteiger partial charge in [0.1, 0.15) is 0 Å². The molecule has 13 heavy (non-hydrogen) atoms. The Morgan fingerprint density at radius 3 is 1.62 bits per heavy atom. The zero-order chi connectivity index (χ0) is 9.72. The summed E-state index contributed by atoms with van der Waals surface area (Å²) in [5.74, 6) is 1.26. The van der Waals surface area contributed by atoms with Crippen molar-refractivity contribution in [2.45, 2.75) is 27.7 Å². The van der Waals surface area contributed by atoms with Gasteiger partial charge in [0.15, 0.2) is 0 Å². The van der Waals surface area contributed by atoms with Gasteiger partial charge in [-0.2, -0.15) is 0 Å². The molecule has 0 heterocycles. The van der Waals surface area contributed by atoms with Crippen molar-refractivity contribution < 1.29 is 22.4 Å². The summed E-state index contributed by atoms with van der Waals surface area (Å²) in [7, 11) is 0. The summed E-state index contributed by atoms with van der Waals surface area (Å²) in [6.07, 6.45) is 0. The van der Waals surface area contributed by atoms with Gasteiger partial charge in [0.05, 0.1) is 0 Å². The molecule has 0 fully saturated rings. The smallest absolute Gasteiger partial charge is 0.411 e. The van der Waals surface area contributed by atoms with Crippen LogP contribution in [0.2, 0.25) is 0 Å². The Kier molecular flexibility index (Phi) is 10.3. The van der Waals surface area contributed by atoms with Gasteiger partial charge < -0.3 is 29.7 Å². The first-order valence-electron chi connectivity index (χ1n) is 4.39. The summed E-state index contributed by atoms with van der Waals surface area (Å²) in [6, 6.07) is 0. The molecule has 0 bridgehead atoms. The summed E-state index contributed by atoms with van der Waals surface area (Å²) >= 11 is 9.99. The number of nitrogens with zero attached hydrogens (tertiary/aromatic N) is 1. The van der Waals surface area contributed by atoms with E-state index >= 15 is 0 Å². The molecule has 0 aromatic rings. The van der Waals surface area contributed by atoms with Gasteiger partial charge in [-0.05, 0) is 11.8 Å². The minimum atomic E-state index is 0. The number of thiocarbonyl (C=S) groups is 1. The Morgan fingerprint density at radius 1 is 1.15 bits per heavy atom. The third-order valence-corrected chi connectivity index (χ3v) is 1.95. The molecule has 0 aliphatic rings. The van der Waals surface area contributed by atoms with Crippen LogP contribution in [0.5, 0.6) is 0 Å². The first-order valence-corrected chi connectivity index (χ1v) is 5.21. The molecule has 0 aromatic carbocycles. The monoisotopic (exact) mass is 401 g/mol. The molecule has 0 rings (SSSR count). The molecule has 0 atom stereocenters. The maximum absolute atomic E-state index is 4.99. The van der Waals surface area contributed by atoms with E-state index < -0.39 is 0 Å². The quantitative estimate of drug-likeness (QED) is 0.405. The summed E-state index contributed by atoms with van der Waals surface area (Å²) in [4.78, 5) is 2.11. The molecule has 0 aliphatic heterocycles. The Bertz CT molecular complexity index is 139. The van der Waals surface area contributed by atoms with Crippen molar-refractivity contribution in [2.75, 3.05) is 13.1 Å². The Labute approximate surface area is 109 Å². The minimum Gasteiger partial charge on any atom is -0.411 e. The van der Waals surface area contributed by atoms with Crippen LogP contribution < -0.4 is 0 Å². The molecule has 1 nitrogen and oxygen atoms in total. The van der Waals surface area contributed by atoms with E-state index in [4.69, 9.17) is 24.8 Å². The molecule has 0 radical (unpaired) electrons. The third kappa shape index (κ3) is 9.16. The average Bonchev–Trinajstić information content (AvgIpc) is 1.83. The van der Waals surface area contributed by atoms with Gasteiger partial charge >= 0.3 is 22.4 Å². The average molecular weight is 401 g/mol. The Morgan fingerprint density at radius 2 is 1.46 bits per heavy atom. The van der Waals surface area contributed by atoms with Gasteiger partial charge in [-0.1, -0.05) is 32.0 Å². The second kappa shape index (κ2) is 8.18. The van der Waals surface area contributed by atoms with E-state index in [2.05, 4.69) is 32.6 Å². The van der Waals surface area contributed by atoms with E-state index in [1.807, 2.05) is 0 Å². The number of rotatable bonds is 4. The Hall–Kier alpha value is 0.850. The maximum Gasteiger partial charge on any atom is 1.00 e. The van der Waals surface area contributed by atoms with E-state index in [1.165, 1.54) is 0 Å². The number of hydrogen-bond acceptors (Lipinski definition) is 2. The zero-order valence-corrected chi connectivity index (χ0v) is 12.4. The van der Waals surface area contributed by atoms with Crippen LogP contribution >= 0.6 is 12.2 Å². The predicted molar refractivity (Wildman–Crippen MR) is 61.2 cm³/mol. The third-order valence-electron chi connectivity index (χ3n) is 1.43. The standard InChI is InChI=1S/C9H19NS2.Au/c1-7(2)5-10(9(11)12)6-8(3)4;/h7-8H,5-6H2,1-4H3,(H,11,12);/q;+1/p-1. The second-order valence-electron chi connectivity index (χ2n) is 3.96. The summed E-state index contributed by atoms with van der Waals surface area (Å²) in [5, 5.41) is 0. The second-order valence-corrected chi connectivity index (χ2v) is 4.99. The van der Waals surface area contributed by atoms with Crippen LogP contribution in [0, 0.1) is 11.8 Å². The van der Waals surface area contributed by atoms with Gasteiger partial charge in [0.25, 0.3) is 0 Å². The van der Waals surface area contributed by atoms with Crippen LogP contribution in [0.4, 0.5) is 0 Å². The first kappa shape index (κ1) is 16.3. The zero-order valence-electron chi connectivity index (χ0n) is 8.63. The first-order chi connectivity index (χ1) is 5.43. The Balaban J connectivity index is 0. The fraction of sp³-hybridized carbons (Fsp3) is 0.889. The minimum absolute atomic E-state index is 0. The molecule has 0 aromatic heterocycles. The van der Waals surface area contributed by atoms with Crippen molar-refractivity contribution in [2.24, 2.45) is 11.8 Å². The van der Waals surface area contributed by atoms with E-state index in [0.29, 0.717) is 16.2 Å². The molecule has 4 heteroatoms. The number of hydrogen-bond donors (Lipinski definition) is 0. The predicted octanol–water partition coefficient (Wildman–Crippen LogP) is 2.43. The molecule has 0 saturated heterocycles. The van der Waals surface area contributed by atoms with E-state index in [1.54, 1.807) is 0 Å². The molecular weight excluding hydrogens is 383 g/mol. The SMILES string of the molecule is CC(C)CN(CC(C)C)C(=S)[S-].[Au+]. The van der Waals surface area contributed by atoms with Crippen molar-refractivity contribution in [1.29, 1.82) is 0 Å². The molecular formula is C9H18AuNS2. The van der Waals surface area contributed by atoms with Gasteiger partial charge in [0, 0.05) is 13.1 Å². The van der Waals surface area contributed by atoms with Crippen LogP contribution in [-0.4, -0.2) is 22.3 Å². The normalized spacial score (nSPS) is 10.0. The molecule has 0 unspecified atom stereocenters. The van der Waals surface area contributed by atoms with Crippen molar-refractivity contribution in [3.63, 3.8) is 0 Å². The largest absolute Gasteiger partial charge is 1.00 e. The van der Waals surface area contributed by atoms with Gasteiger partial charge in [0.2, 0.25) is 0 Å². The van der Waals surface area contributed by atoms with Crippen LogP contribution in [0.15, 0.2) is 0 Å². The molecule has 0 aliphatic carbocycles. The van der Waals surface area contributed by atoms with Crippen LogP contribution in [0.1, 0.15) is 27.7 Å². The maximum atomic E-state index is 4.99. The van der Waals surface area contributed by atoms with E-state index in [0.717, 1.165) is 13.1 Å². The fourth-order valence-corrected chi connectivity index (χ4v) is 1.40. The van der Waals surface area contributed by atoms with Crippen molar-refractivity contribution in [1.82, 2.24) is 4.90 Å². The molecule has 0 saturated carbocycles. The molecule has 82 valence electrons. The fourth-order valence-electron chi connectivity index (χ4n) is 1.11. The summed E-state index contributed by atoms with van der Waals surface area (Å²) in [6.45, 7) is 10.7.